The van der Waals surface area contributed by atoms with Crippen molar-refractivity contribution < 1.29 is 9.72 Å². The number of hydrogen-bond acceptors (Lipinski definition) is 4. The summed E-state index contributed by atoms with van der Waals surface area (Å²) in [5, 5.41) is 13.5. The van der Waals surface area contributed by atoms with E-state index in [2.05, 4.69) is 5.32 Å². The maximum atomic E-state index is 12.0. The van der Waals surface area contributed by atoms with Gasteiger partial charge in [0.15, 0.2) is 0 Å². The molecule has 1 N–H and O–H groups in total. The van der Waals surface area contributed by atoms with Crippen LogP contribution in [0.1, 0.15) is 11.1 Å². The standard InChI is InChI=1S/C15H15N3O4/c1-10-4-3-5-12(6-10)16-14(19)9-17-8-13(18(21)22)7-11(2)15(17)20/h3-8H,9H2,1-2H3,(H,16,19). The van der Waals surface area contributed by atoms with Crippen molar-refractivity contribution in [2.75, 3.05) is 5.32 Å². The van der Waals surface area contributed by atoms with Gasteiger partial charge in [0.05, 0.1) is 11.1 Å². The summed E-state index contributed by atoms with van der Waals surface area (Å²) < 4.78 is 1.04. The van der Waals surface area contributed by atoms with Crippen LogP contribution in [-0.4, -0.2) is 15.4 Å². The van der Waals surface area contributed by atoms with Gasteiger partial charge in [-0.05, 0) is 31.5 Å². The largest absolute Gasteiger partial charge is 0.325 e. The minimum absolute atomic E-state index is 0.220. The molecule has 1 heterocycles. The van der Waals surface area contributed by atoms with Gasteiger partial charge in [-0.2, -0.15) is 0 Å². The molecule has 0 aliphatic rings. The number of rotatable bonds is 4. The Morgan fingerprint density at radius 3 is 2.68 bits per heavy atom. The van der Waals surface area contributed by atoms with E-state index in [1.165, 1.54) is 13.0 Å². The zero-order valence-corrected chi connectivity index (χ0v) is 12.2. The van der Waals surface area contributed by atoms with E-state index < -0.39 is 16.4 Å². The van der Waals surface area contributed by atoms with Crippen LogP contribution in [0.3, 0.4) is 0 Å². The third-order valence-corrected chi connectivity index (χ3v) is 3.08. The molecule has 0 spiro atoms. The third kappa shape index (κ3) is 3.57. The van der Waals surface area contributed by atoms with Crippen LogP contribution in [0.4, 0.5) is 11.4 Å². The first-order valence-electron chi connectivity index (χ1n) is 6.59. The highest BCUT2D eigenvalue weighted by Gasteiger charge is 2.13. The minimum Gasteiger partial charge on any atom is -0.325 e. The molecular weight excluding hydrogens is 286 g/mol. The van der Waals surface area contributed by atoms with Crippen molar-refractivity contribution >= 4 is 17.3 Å². The summed E-state index contributed by atoms with van der Waals surface area (Å²) in [6.45, 7) is 3.09. The smallest absolute Gasteiger partial charge is 0.286 e. The van der Waals surface area contributed by atoms with Gasteiger partial charge in [0, 0.05) is 17.3 Å². The van der Waals surface area contributed by atoms with Gasteiger partial charge in [0.2, 0.25) is 5.91 Å². The molecule has 7 heteroatoms. The second kappa shape index (κ2) is 6.21. The number of anilines is 1. The molecule has 0 bridgehead atoms. The van der Waals surface area contributed by atoms with Crippen molar-refractivity contribution in [1.82, 2.24) is 4.57 Å². The molecule has 7 nitrogen and oxygen atoms in total. The Morgan fingerprint density at radius 1 is 1.32 bits per heavy atom. The van der Waals surface area contributed by atoms with Gasteiger partial charge in [-0.25, -0.2) is 0 Å². The first-order valence-corrected chi connectivity index (χ1v) is 6.59. The number of amides is 1. The van der Waals surface area contributed by atoms with E-state index in [-0.39, 0.29) is 17.8 Å². The van der Waals surface area contributed by atoms with Gasteiger partial charge >= 0.3 is 0 Å². The maximum absolute atomic E-state index is 12.0. The summed E-state index contributed by atoms with van der Waals surface area (Å²) in [6.07, 6.45) is 1.07. The lowest BCUT2D eigenvalue weighted by Crippen LogP contribution is -2.28. The first-order chi connectivity index (χ1) is 10.4. The van der Waals surface area contributed by atoms with Crippen LogP contribution in [0.25, 0.3) is 0 Å². The highest BCUT2D eigenvalue weighted by Crippen LogP contribution is 2.11. The van der Waals surface area contributed by atoms with Crippen LogP contribution in [0, 0.1) is 24.0 Å². The Kier molecular flexibility index (Phi) is 4.36. The highest BCUT2D eigenvalue weighted by atomic mass is 16.6. The number of nitro groups is 1. The molecule has 0 atom stereocenters. The molecule has 0 aliphatic heterocycles. The van der Waals surface area contributed by atoms with Crippen molar-refractivity contribution in [1.29, 1.82) is 0 Å². The monoisotopic (exact) mass is 301 g/mol. The molecule has 0 aliphatic carbocycles. The average Bonchev–Trinajstić information content (AvgIpc) is 2.43. The second-order valence-corrected chi connectivity index (χ2v) is 4.99. The van der Waals surface area contributed by atoms with Crippen molar-refractivity contribution in [2.45, 2.75) is 20.4 Å². The summed E-state index contributed by atoms with van der Waals surface area (Å²) in [4.78, 5) is 34.2. The van der Waals surface area contributed by atoms with Crippen molar-refractivity contribution in [3.05, 3.63) is 68.1 Å². The van der Waals surface area contributed by atoms with Crippen LogP contribution in [0.2, 0.25) is 0 Å². The molecule has 22 heavy (non-hydrogen) atoms. The quantitative estimate of drug-likeness (QED) is 0.690. The van der Waals surface area contributed by atoms with Crippen LogP contribution < -0.4 is 10.9 Å². The Labute approximate surface area is 126 Å². The SMILES string of the molecule is Cc1cccc(NC(=O)Cn2cc([N+](=O)[O-])cc(C)c2=O)c1. The van der Waals surface area contributed by atoms with Gasteiger partial charge in [0.1, 0.15) is 6.54 Å². The molecular formula is C15H15N3O4. The highest BCUT2D eigenvalue weighted by molar-refractivity contribution is 5.90. The predicted octanol–water partition coefficient (Wildman–Crippen LogP) is 2.01. The number of carbonyl (C=O) groups excluding carboxylic acids is 1. The lowest BCUT2D eigenvalue weighted by molar-refractivity contribution is -0.385. The van der Waals surface area contributed by atoms with E-state index in [4.69, 9.17) is 0 Å². The van der Waals surface area contributed by atoms with E-state index >= 15 is 0 Å². The number of benzene rings is 1. The Morgan fingerprint density at radius 2 is 2.05 bits per heavy atom. The summed E-state index contributed by atoms with van der Waals surface area (Å²) >= 11 is 0. The fourth-order valence-corrected chi connectivity index (χ4v) is 2.06. The number of pyridine rings is 1. The van der Waals surface area contributed by atoms with E-state index in [9.17, 15) is 19.7 Å². The molecule has 0 unspecified atom stereocenters. The summed E-state index contributed by atoms with van der Waals surface area (Å²) in [5.74, 6) is -0.424. The number of nitrogens with one attached hydrogen (secondary N) is 1. The van der Waals surface area contributed by atoms with Gasteiger partial charge in [-0.3, -0.25) is 24.3 Å². The molecule has 1 aromatic heterocycles. The fraction of sp³-hybridized carbons (Fsp3) is 0.200. The van der Waals surface area contributed by atoms with Crippen LogP contribution in [0.5, 0.6) is 0 Å². The number of hydrogen-bond donors (Lipinski definition) is 1. The van der Waals surface area contributed by atoms with E-state index in [1.54, 1.807) is 18.2 Å². The summed E-state index contributed by atoms with van der Waals surface area (Å²) in [6, 6.07) is 8.40. The zero-order chi connectivity index (χ0) is 16.3. The third-order valence-electron chi connectivity index (χ3n) is 3.08. The number of carbonyl (C=O) groups is 1. The van der Waals surface area contributed by atoms with Crippen molar-refractivity contribution in [3.8, 4) is 0 Å². The normalized spacial score (nSPS) is 10.3. The molecule has 0 radical (unpaired) electrons. The van der Waals surface area contributed by atoms with E-state index in [0.717, 1.165) is 16.3 Å². The van der Waals surface area contributed by atoms with Crippen LogP contribution in [-0.2, 0) is 11.3 Å². The first kappa shape index (κ1) is 15.4. The lowest BCUT2D eigenvalue weighted by atomic mass is 10.2. The topological polar surface area (TPSA) is 94.2 Å². The molecule has 0 saturated heterocycles. The Balaban J connectivity index is 2.21. The van der Waals surface area contributed by atoms with Crippen molar-refractivity contribution in [3.63, 3.8) is 0 Å². The predicted molar refractivity (Wildman–Crippen MR) is 81.9 cm³/mol. The van der Waals surface area contributed by atoms with Gasteiger partial charge < -0.3 is 5.32 Å². The van der Waals surface area contributed by atoms with E-state index in [1.807, 2.05) is 13.0 Å². The molecule has 2 aromatic rings. The van der Waals surface area contributed by atoms with Gasteiger partial charge in [0.25, 0.3) is 11.2 Å². The van der Waals surface area contributed by atoms with Gasteiger partial charge in [-0.15, -0.1) is 0 Å². The Hall–Kier alpha value is -2.96. The number of aromatic nitrogens is 1. The minimum atomic E-state index is -0.596. The number of aryl methyl sites for hydroxylation is 2. The second-order valence-electron chi connectivity index (χ2n) is 4.99. The Bertz CT molecular complexity index is 796. The van der Waals surface area contributed by atoms with E-state index in [0.29, 0.717) is 5.69 Å². The summed E-state index contributed by atoms with van der Waals surface area (Å²) in [7, 11) is 0. The zero-order valence-electron chi connectivity index (χ0n) is 12.2. The molecule has 1 amide bonds. The van der Waals surface area contributed by atoms with Crippen LogP contribution >= 0.6 is 0 Å². The van der Waals surface area contributed by atoms with Gasteiger partial charge in [-0.1, -0.05) is 12.1 Å². The molecule has 1 aromatic carbocycles. The maximum Gasteiger partial charge on any atom is 0.286 e. The fourth-order valence-electron chi connectivity index (χ4n) is 2.06. The number of nitrogens with zero attached hydrogens (tertiary/aromatic N) is 2. The van der Waals surface area contributed by atoms with Crippen LogP contribution in [0.15, 0.2) is 41.3 Å². The average molecular weight is 301 g/mol. The molecule has 0 saturated carbocycles. The van der Waals surface area contributed by atoms with Crippen molar-refractivity contribution in [2.24, 2.45) is 0 Å². The lowest BCUT2D eigenvalue weighted by Gasteiger charge is -2.08. The molecule has 0 fully saturated rings. The molecule has 2 rings (SSSR count). The molecule has 114 valence electrons. The summed E-state index contributed by atoms with van der Waals surface area (Å²) in [5.41, 5.74) is 1.17.